The number of aromatic nitrogens is 1. The molecule has 6 heteroatoms. The zero-order valence-corrected chi connectivity index (χ0v) is 9.84. The maximum absolute atomic E-state index is 12.8. The molecule has 1 aromatic heterocycles. The minimum Gasteiger partial charge on any atom is -0.479 e. The summed E-state index contributed by atoms with van der Waals surface area (Å²) in [5, 5.41) is 9.40. The van der Waals surface area contributed by atoms with Crippen molar-refractivity contribution in [3.05, 3.63) is 29.8 Å². The molecule has 1 amide bonds. The van der Waals surface area contributed by atoms with E-state index in [1.54, 1.807) is 0 Å². The minimum absolute atomic E-state index is 0.0737. The molecule has 5 nitrogen and oxygen atoms in total. The summed E-state index contributed by atoms with van der Waals surface area (Å²) in [5.74, 6) is -1.73. The van der Waals surface area contributed by atoms with Crippen LogP contribution in [0.4, 0.5) is 4.39 Å². The van der Waals surface area contributed by atoms with Gasteiger partial charge in [-0.15, -0.1) is 0 Å². The molecule has 1 atom stereocenters. The number of carboxylic acid groups (broad SMARTS) is 1. The van der Waals surface area contributed by atoms with Gasteiger partial charge < -0.3 is 10.0 Å². The van der Waals surface area contributed by atoms with Gasteiger partial charge in [0.1, 0.15) is 5.82 Å². The lowest BCUT2D eigenvalue weighted by atomic mass is 9.95. The molecule has 0 bridgehead atoms. The Labute approximate surface area is 103 Å². The van der Waals surface area contributed by atoms with Crippen molar-refractivity contribution in [2.24, 2.45) is 0 Å². The van der Waals surface area contributed by atoms with Crippen molar-refractivity contribution >= 4 is 12.4 Å². The highest BCUT2D eigenvalue weighted by atomic mass is 19.1. The predicted molar refractivity (Wildman–Crippen MR) is 60.1 cm³/mol. The zero-order valence-electron chi connectivity index (χ0n) is 9.84. The smallest absolute Gasteiger partial charge is 0.335 e. The third kappa shape index (κ3) is 1.94. The van der Waals surface area contributed by atoms with Crippen LogP contribution < -0.4 is 0 Å². The highest BCUT2D eigenvalue weighted by molar-refractivity contribution is 5.82. The third-order valence-corrected chi connectivity index (χ3v) is 3.21. The van der Waals surface area contributed by atoms with Crippen molar-refractivity contribution in [2.75, 3.05) is 0 Å². The van der Waals surface area contributed by atoms with E-state index in [-0.39, 0.29) is 11.7 Å². The van der Waals surface area contributed by atoms with E-state index in [4.69, 9.17) is 0 Å². The van der Waals surface area contributed by atoms with Crippen LogP contribution in [0.5, 0.6) is 0 Å². The molecule has 1 aliphatic rings. The van der Waals surface area contributed by atoms with Gasteiger partial charge in [0, 0.05) is 6.04 Å². The summed E-state index contributed by atoms with van der Waals surface area (Å²) in [6.07, 6.45) is 3.04. The molecule has 1 heterocycles. The van der Waals surface area contributed by atoms with E-state index in [0.29, 0.717) is 6.41 Å². The lowest BCUT2D eigenvalue weighted by Crippen LogP contribution is -2.50. The second-order valence-electron chi connectivity index (χ2n) is 4.48. The number of carbonyl (C=O) groups excluding carboxylic acids is 1. The average Bonchev–Trinajstić information content (AvgIpc) is 3.14. The van der Waals surface area contributed by atoms with Gasteiger partial charge in [-0.25, -0.2) is 9.18 Å². The van der Waals surface area contributed by atoms with Gasteiger partial charge >= 0.3 is 5.97 Å². The van der Waals surface area contributed by atoms with Crippen LogP contribution in [-0.2, 0) is 15.1 Å². The SMILES string of the molecule is CC(C(=O)O)(c1ccc(F)cn1)N(C=O)C1CC1. The fourth-order valence-electron chi connectivity index (χ4n) is 1.93. The summed E-state index contributed by atoms with van der Waals surface area (Å²) < 4.78 is 12.8. The number of carbonyl (C=O) groups is 2. The molecule has 1 saturated carbocycles. The highest BCUT2D eigenvalue weighted by Crippen LogP contribution is 2.36. The molecule has 1 N–H and O–H groups in total. The molecule has 1 aliphatic carbocycles. The monoisotopic (exact) mass is 252 g/mol. The van der Waals surface area contributed by atoms with Gasteiger partial charge in [-0.2, -0.15) is 0 Å². The van der Waals surface area contributed by atoms with Gasteiger partial charge in [-0.05, 0) is 31.9 Å². The van der Waals surface area contributed by atoms with Crippen LogP contribution in [0, 0.1) is 5.82 Å². The second-order valence-corrected chi connectivity index (χ2v) is 4.48. The summed E-state index contributed by atoms with van der Waals surface area (Å²) in [6, 6.07) is 2.36. The summed E-state index contributed by atoms with van der Waals surface area (Å²) in [7, 11) is 0. The maximum atomic E-state index is 12.8. The Bertz CT molecular complexity index is 473. The Hall–Kier alpha value is -1.98. The van der Waals surface area contributed by atoms with Crippen LogP contribution >= 0.6 is 0 Å². The van der Waals surface area contributed by atoms with Gasteiger partial charge in [0.2, 0.25) is 6.41 Å². The molecule has 1 aromatic rings. The molecule has 18 heavy (non-hydrogen) atoms. The lowest BCUT2D eigenvalue weighted by molar-refractivity contribution is -0.155. The number of nitrogens with zero attached hydrogens (tertiary/aromatic N) is 2. The molecular weight excluding hydrogens is 239 g/mol. The van der Waals surface area contributed by atoms with Crippen molar-refractivity contribution in [1.29, 1.82) is 0 Å². The first-order valence-corrected chi connectivity index (χ1v) is 5.59. The molecule has 1 fully saturated rings. The lowest BCUT2D eigenvalue weighted by Gasteiger charge is -2.34. The number of hydrogen-bond acceptors (Lipinski definition) is 3. The normalized spacial score (nSPS) is 17.9. The van der Waals surface area contributed by atoms with Crippen molar-refractivity contribution in [1.82, 2.24) is 9.88 Å². The van der Waals surface area contributed by atoms with Crippen molar-refractivity contribution in [3.8, 4) is 0 Å². The minimum atomic E-state index is -1.56. The molecule has 0 aromatic carbocycles. The van der Waals surface area contributed by atoms with Gasteiger partial charge in [0.15, 0.2) is 5.54 Å². The maximum Gasteiger partial charge on any atom is 0.335 e. The number of aliphatic carboxylic acids is 1. The molecule has 1 unspecified atom stereocenters. The van der Waals surface area contributed by atoms with Gasteiger partial charge in [-0.3, -0.25) is 9.78 Å². The topological polar surface area (TPSA) is 70.5 Å². The third-order valence-electron chi connectivity index (χ3n) is 3.21. The van der Waals surface area contributed by atoms with Crippen LogP contribution in [0.2, 0.25) is 0 Å². The number of pyridine rings is 1. The van der Waals surface area contributed by atoms with E-state index >= 15 is 0 Å². The number of hydrogen-bond donors (Lipinski definition) is 1. The Morgan fingerprint density at radius 1 is 1.61 bits per heavy atom. The fourth-order valence-corrected chi connectivity index (χ4v) is 1.93. The fraction of sp³-hybridized carbons (Fsp3) is 0.417. The molecule has 0 saturated heterocycles. The first-order chi connectivity index (χ1) is 8.50. The van der Waals surface area contributed by atoms with Crippen LogP contribution in [0.15, 0.2) is 18.3 Å². The van der Waals surface area contributed by atoms with Crippen LogP contribution in [0.1, 0.15) is 25.5 Å². The van der Waals surface area contributed by atoms with E-state index in [9.17, 15) is 19.1 Å². The van der Waals surface area contributed by atoms with Gasteiger partial charge in [0.25, 0.3) is 0 Å². The first-order valence-electron chi connectivity index (χ1n) is 5.59. The van der Waals surface area contributed by atoms with Crippen LogP contribution in [-0.4, -0.2) is 33.4 Å². The van der Waals surface area contributed by atoms with E-state index < -0.39 is 17.3 Å². The number of amides is 1. The molecule has 96 valence electrons. The quantitative estimate of drug-likeness (QED) is 0.798. The van der Waals surface area contributed by atoms with Crippen molar-refractivity contribution < 1.29 is 19.1 Å². The molecule has 0 spiro atoms. The second kappa shape index (κ2) is 4.36. The molecule has 0 aliphatic heterocycles. The summed E-state index contributed by atoms with van der Waals surface area (Å²) in [4.78, 5) is 27.7. The van der Waals surface area contributed by atoms with Gasteiger partial charge in [-0.1, -0.05) is 0 Å². The Morgan fingerprint density at radius 2 is 2.28 bits per heavy atom. The largest absolute Gasteiger partial charge is 0.479 e. The summed E-state index contributed by atoms with van der Waals surface area (Å²) in [6.45, 7) is 1.41. The Balaban J connectivity index is 2.45. The highest BCUT2D eigenvalue weighted by Gasteiger charge is 2.48. The van der Waals surface area contributed by atoms with E-state index in [1.165, 1.54) is 17.9 Å². The predicted octanol–water partition coefficient (Wildman–Crippen LogP) is 1.14. The molecule has 2 rings (SSSR count). The number of halogens is 1. The average molecular weight is 252 g/mol. The summed E-state index contributed by atoms with van der Waals surface area (Å²) >= 11 is 0. The molecular formula is C12H13FN2O3. The van der Waals surface area contributed by atoms with Crippen molar-refractivity contribution in [2.45, 2.75) is 31.3 Å². The number of carboxylic acids is 1. The zero-order chi connectivity index (χ0) is 13.3. The standard InChI is InChI=1S/C12H13FN2O3/c1-12(11(17)18,15(7-16)9-3-4-9)10-5-2-8(13)6-14-10/h2,5-7,9H,3-4H2,1H3,(H,17,18). The molecule has 0 radical (unpaired) electrons. The van der Waals surface area contributed by atoms with Crippen LogP contribution in [0.25, 0.3) is 0 Å². The van der Waals surface area contributed by atoms with Gasteiger partial charge in [0.05, 0.1) is 11.9 Å². The van der Waals surface area contributed by atoms with E-state index in [2.05, 4.69) is 4.98 Å². The Kier molecular flexibility index (Phi) is 3.02. The summed E-state index contributed by atoms with van der Waals surface area (Å²) in [5.41, 5.74) is -1.41. The first kappa shape index (κ1) is 12.5. The van der Waals surface area contributed by atoms with E-state index in [0.717, 1.165) is 25.1 Å². The van der Waals surface area contributed by atoms with Crippen LogP contribution in [0.3, 0.4) is 0 Å². The number of rotatable bonds is 5. The van der Waals surface area contributed by atoms with E-state index in [1.807, 2.05) is 0 Å². The van der Waals surface area contributed by atoms with Crippen molar-refractivity contribution in [3.63, 3.8) is 0 Å². The Morgan fingerprint density at radius 3 is 2.67 bits per heavy atom.